The molecule has 19 heavy (non-hydrogen) atoms. The molecule has 0 aliphatic rings. The molecule has 0 unspecified atom stereocenters. The largest absolute Gasteiger partial charge is 0.487 e. The number of aliphatic hydroxyl groups excluding tert-OH is 1. The Kier molecular flexibility index (Phi) is 4.58. The van der Waals surface area contributed by atoms with Crippen molar-refractivity contribution in [2.45, 2.75) is 32.9 Å². The van der Waals surface area contributed by atoms with Crippen LogP contribution in [0.15, 0.2) is 36.8 Å². The van der Waals surface area contributed by atoms with Crippen molar-refractivity contribution < 1.29 is 9.84 Å². The van der Waals surface area contributed by atoms with Crippen LogP contribution in [0.1, 0.15) is 31.1 Å². The van der Waals surface area contributed by atoms with Crippen molar-refractivity contribution in [2.24, 2.45) is 0 Å². The van der Waals surface area contributed by atoms with Crippen molar-refractivity contribution in [3.63, 3.8) is 0 Å². The molecule has 0 radical (unpaired) electrons. The lowest BCUT2D eigenvalue weighted by Gasteiger charge is -2.12. The Balaban J connectivity index is 1.96. The Bertz CT molecular complexity index is 503. The molecule has 0 amide bonds. The highest BCUT2D eigenvalue weighted by Crippen LogP contribution is 2.16. The van der Waals surface area contributed by atoms with Gasteiger partial charge in [0.05, 0.1) is 18.2 Å². The fourth-order valence-electron chi connectivity index (χ4n) is 1.95. The Morgan fingerprint density at radius 1 is 1.26 bits per heavy atom. The summed E-state index contributed by atoms with van der Waals surface area (Å²) in [5.41, 5.74) is 2.18. The van der Waals surface area contributed by atoms with E-state index in [9.17, 15) is 0 Å². The number of ether oxygens (including phenoxy) is 1. The van der Waals surface area contributed by atoms with E-state index in [-0.39, 0.29) is 6.61 Å². The summed E-state index contributed by atoms with van der Waals surface area (Å²) < 4.78 is 7.85. The van der Waals surface area contributed by atoms with Gasteiger partial charge in [-0.25, -0.2) is 4.98 Å². The summed E-state index contributed by atoms with van der Waals surface area (Å²) in [4.78, 5) is 4.15. The molecule has 1 aromatic carbocycles. The monoisotopic (exact) mass is 260 g/mol. The van der Waals surface area contributed by atoms with E-state index in [1.165, 1.54) is 0 Å². The van der Waals surface area contributed by atoms with Gasteiger partial charge >= 0.3 is 0 Å². The van der Waals surface area contributed by atoms with Crippen LogP contribution in [0.5, 0.6) is 5.75 Å². The van der Waals surface area contributed by atoms with Gasteiger partial charge in [0.25, 0.3) is 0 Å². The maximum absolute atomic E-state index is 8.86. The first kappa shape index (κ1) is 13.6. The van der Waals surface area contributed by atoms with Gasteiger partial charge in [0.1, 0.15) is 12.4 Å². The van der Waals surface area contributed by atoms with Gasteiger partial charge in [-0.3, -0.25) is 0 Å². The van der Waals surface area contributed by atoms with Crippen LogP contribution < -0.4 is 4.74 Å². The number of hydrogen-bond donors (Lipinski definition) is 1. The summed E-state index contributed by atoms with van der Waals surface area (Å²) >= 11 is 0. The lowest BCUT2D eigenvalue weighted by molar-refractivity contribution is 0.291. The Morgan fingerprint density at radius 3 is 2.63 bits per heavy atom. The quantitative estimate of drug-likeness (QED) is 0.868. The topological polar surface area (TPSA) is 47.3 Å². The highest BCUT2D eigenvalue weighted by molar-refractivity contribution is 5.27. The second kappa shape index (κ2) is 6.38. The predicted molar refractivity (Wildman–Crippen MR) is 74.2 cm³/mol. The summed E-state index contributed by atoms with van der Waals surface area (Å²) in [7, 11) is 0. The van der Waals surface area contributed by atoms with Gasteiger partial charge < -0.3 is 14.4 Å². The maximum Gasteiger partial charge on any atom is 0.130 e. The van der Waals surface area contributed by atoms with Gasteiger partial charge in [0.2, 0.25) is 0 Å². The van der Waals surface area contributed by atoms with E-state index >= 15 is 0 Å². The van der Waals surface area contributed by atoms with Crippen LogP contribution in [-0.2, 0) is 13.0 Å². The van der Waals surface area contributed by atoms with E-state index in [2.05, 4.69) is 23.4 Å². The first-order valence-electron chi connectivity index (χ1n) is 6.54. The van der Waals surface area contributed by atoms with Crippen LogP contribution in [0.3, 0.4) is 0 Å². The van der Waals surface area contributed by atoms with Crippen molar-refractivity contribution in [2.75, 3.05) is 6.61 Å². The van der Waals surface area contributed by atoms with Crippen LogP contribution >= 0.6 is 0 Å². The zero-order valence-electron chi connectivity index (χ0n) is 11.4. The third-order valence-corrected chi connectivity index (χ3v) is 3.01. The van der Waals surface area contributed by atoms with Crippen LogP contribution in [-0.4, -0.2) is 21.3 Å². The van der Waals surface area contributed by atoms with E-state index in [1.807, 2.05) is 36.8 Å². The molecule has 4 nitrogen and oxygen atoms in total. The van der Waals surface area contributed by atoms with Crippen molar-refractivity contribution in [3.05, 3.63) is 48.0 Å². The van der Waals surface area contributed by atoms with Crippen molar-refractivity contribution in [3.8, 4) is 5.75 Å². The number of aliphatic hydroxyl groups is 1. The summed E-state index contributed by atoms with van der Waals surface area (Å²) in [6, 6.07) is 8.20. The predicted octanol–water partition coefficient (Wildman–Crippen LogP) is 2.58. The standard InChI is InChI=1S/C15H20N2O2/c1-12(2)17-11-16-9-14(17)10-19-15-5-3-13(4-6-15)7-8-18/h3-6,9,11-12,18H,7-8,10H2,1-2H3. The van der Waals surface area contributed by atoms with Gasteiger partial charge in [0, 0.05) is 12.6 Å². The molecule has 0 saturated carbocycles. The van der Waals surface area contributed by atoms with Crippen molar-refractivity contribution in [1.29, 1.82) is 0 Å². The lowest BCUT2D eigenvalue weighted by atomic mass is 10.1. The molecule has 0 spiro atoms. The molecule has 2 aromatic rings. The molecule has 1 N–H and O–H groups in total. The molecular weight excluding hydrogens is 240 g/mol. The molecule has 2 rings (SSSR count). The highest BCUT2D eigenvalue weighted by atomic mass is 16.5. The molecule has 0 aliphatic carbocycles. The van der Waals surface area contributed by atoms with Crippen molar-refractivity contribution in [1.82, 2.24) is 9.55 Å². The zero-order chi connectivity index (χ0) is 13.7. The molecule has 0 saturated heterocycles. The summed E-state index contributed by atoms with van der Waals surface area (Å²) in [5, 5.41) is 8.86. The summed E-state index contributed by atoms with van der Waals surface area (Å²) in [5.74, 6) is 0.832. The minimum Gasteiger partial charge on any atom is -0.487 e. The fraction of sp³-hybridized carbons (Fsp3) is 0.400. The number of hydrogen-bond acceptors (Lipinski definition) is 3. The number of rotatable bonds is 6. The minimum atomic E-state index is 0.174. The number of benzene rings is 1. The van der Waals surface area contributed by atoms with Gasteiger partial charge in [-0.2, -0.15) is 0 Å². The molecule has 1 aromatic heterocycles. The van der Waals surface area contributed by atoms with Crippen LogP contribution in [0, 0.1) is 0 Å². The van der Waals surface area contributed by atoms with E-state index in [0.29, 0.717) is 19.1 Å². The highest BCUT2D eigenvalue weighted by Gasteiger charge is 2.05. The Hall–Kier alpha value is -1.81. The van der Waals surface area contributed by atoms with Gasteiger partial charge in [0.15, 0.2) is 0 Å². The molecule has 4 heteroatoms. The molecule has 0 fully saturated rings. The Labute approximate surface area is 113 Å². The van der Waals surface area contributed by atoms with Crippen LogP contribution in [0.2, 0.25) is 0 Å². The van der Waals surface area contributed by atoms with Crippen LogP contribution in [0.25, 0.3) is 0 Å². The normalized spacial score (nSPS) is 10.9. The summed E-state index contributed by atoms with van der Waals surface area (Å²) in [6.07, 6.45) is 4.34. The second-order valence-electron chi connectivity index (χ2n) is 4.79. The third kappa shape index (κ3) is 3.58. The SMILES string of the molecule is CC(C)n1cncc1COc1ccc(CCO)cc1. The molecule has 0 bridgehead atoms. The minimum absolute atomic E-state index is 0.174. The molecular formula is C15H20N2O2. The van der Waals surface area contributed by atoms with Crippen LogP contribution in [0.4, 0.5) is 0 Å². The van der Waals surface area contributed by atoms with Crippen molar-refractivity contribution >= 4 is 0 Å². The average Bonchev–Trinajstić information content (AvgIpc) is 2.87. The van der Waals surface area contributed by atoms with E-state index in [0.717, 1.165) is 17.0 Å². The molecule has 1 heterocycles. The maximum atomic E-state index is 8.86. The van der Waals surface area contributed by atoms with E-state index in [4.69, 9.17) is 9.84 Å². The third-order valence-electron chi connectivity index (χ3n) is 3.01. The number of nitrogens with zero attached hydrogens (tertiary/aromatic N) is 2. The Morgan fingerprint density at radius 2 is 2.00 bits per heavy atom. The molecule has 0 atom stereocenters. The lowest BCUT2D eigenvalue weighted by Crippen LogP contribution is -2.07. The van der Waals surface area contributed by atoms with Gasteiger partial charge in [-0.1, -0.05) is 12.1 Å². The smallest absolute Gasteiger partial charge is 0.130 e. The van der Waals surface area contributed by atoms with Gasteiger partial charge in [-0.15, -0.1) is 0 Å². The first-order chi connectivity index (χ1) is 9.20. The second-order valence-corrected chi connectivity index (χ2v) is 4.79. The molecule has 0 aliphatic heterocycles. The van der Waals surface area contributed by atoms with E-state index in [1.54, 1.807) is 0 Å². The zero-order valence-corrected chi connectivity index (χ0v) is 11.4. The van der Waals surface area contributed by atoms with Gasteiger partial charge in [-0.05, 0) is 38.0 Å². The number of imidazole rings is 1. The summed E-state index contributed by atoms with van der Waals surface area (Å²) in [6.45, 7) is 4.93. The first-order valence-corrected chi connectivity index (χ1v) is 6.54. The number of aromatic nitrogens is 2. The fourth-order valence-corrected chi connectivity index (χ4v) is 1.95. The average molecular weight is 260 g/mol. The van der Waals surface area contributed by atoms with E-state index < -0.39 is 0 Å². The molecule has 102 valence electrons.